The smallest absolute Gasteiger partial charge is 0.267 e. The fraction of sp³-hybridized carbons (Fsp3) is 1.00. The van der Waals surface area contributed by atoms with Crippen molar-refractivity contribution >= 4 is 10.1 Å². The first-order chi connectivity index (χ1) is 8.98. The second kappa shape index (κ2) is 11.7. The summed E-state index contributed by atoms with van der Waals surface area (Å²) in [5.41, 5.74) is 0. The van der Waals surface area contributed by atoms with Gasteiger partial charge < -0.3 is 0 Å². The second-order valence-electron chi connectivity index (χ2n) is 5.65. The SMILES string of the molecule is CCCCCCCCCCCCCC(C)S(=O)(=O)O. The molecule has 0 fully saturated rings. The summed E-state index contributed by atoms with van der Waals surface area (Å²) in [7, 11) is -3.82. The molecule has 3 nitrogen and oxygen atoms in total. The standard InChI is InChI=1S/C15H32O3S/c1-3-4-5-6-7-8-9-10-11-12-13-14-15(2)19(16,17)18/h15H,3-14H2,1-2H3,(H,16,17,18). The van der Waals surface area contributed by atoms with E-state index in [1.807, 2.05) is 0 Å². The van der Waals surface area contributed by atoms with Crippen LogP contribution in [-0.2, 0) is 10.1 Å². The summed E-state index contributed by atoms with van der Waals surface area (Å²) in [5, 5.41) is -0.605. The topological polar surface area (TPSA) is 54.4 Å². The van der Waals surface area contributed by atoms with Gasteiger partial charge in [-0.05, 0) is 13.3 Å². The summed E-state index contributed by atoms with van der Waals surface area (Å²) in [5.74, 6) is 0. The largest absolute Gasteiger partial charge is 0.285 e. The Morgan fingerprint density at radius 2 is 1.16 bits per heavy atom. The van der Waals surface area contributed by atoms with Crippen molar-refractivity contribution in [2.45, 2.75) is 96.1 Å². The highest BCUT2D eigenvalue weighted by atomic mass is 32.2. The van der Waals surface area contributed by atoms with Gasteiger partial charge in [-0.25, -0.2) is 0 Å². The van der Waals surface area contributed by atoms with Crippen LogP contribution in [0.3, 0.4) is 0 Å². The lowest BCUT2D eigenvalue weighted by molar-refractivity contribution is 0.461. The molecule has 0 aromatic carbocycles. The Balaban J connectivity index is 3.19. The lowest BCUT2D eigenvalue weighted by atomic mass is 10.0. The van der Waals surface area contributed by atoms with Gasteiger partial charge in [-0.15, -0.1) is 0 Å². The monoisotopic (exact) mass is 292 g/mol. The summed E-state index contributed by atoms with van der Waals surface area (Å²) in [6.45, 7) is 3.81. The predicted octanol–water partition coefficient (Wildman–Crippen LogP) is 4.96. The highest BCUT2D eigenvalue weighted by molar-refractivity contribution is 7.86. The molecular weight excluding hydrogens is 260 g/mol. The molecule has 0 spiro atoms. The third-order valence-corrected chi connectivity index (χ3v) is 4.98. The van der Waals surface area contributed by atoms with Gasteiger partial charge in [0, 0.05) is 0 Å². The van der Waals surface area contributed by atoms with Crippen molar-refractivity contribution in [3.05, 3.63) is 0 Å². The molecule has 0 aliphatic carbocycles. The Hall–Kier alpha value is -0.0900. The van der Waals surface area contributed by atoms with Crippen LogP contribution in [-0.4, -0.2) is 18.2 Å². The second-order valence-corrected chi connectivity index (χ2v) is 7.48. The minimum absolute atomic E-state index is 0.579. The molecule has 0 saturated heterocycles. The molecule has 0 aliphatic heterocycles. The highest BCUT2D eigenvalue weighted by Gasteiger charge is 2.15. The van der Waals surface area contributed by atoms with E-state index in [0.29, 0.717) is 6.42 Å². The summed E-state index contributed by atoms with van der Waals surface area (Å²) in [4.78, 5) is 0. The summed E-state index contributed by atoms with van der Waals surface area (Å²) >= 11 is 0. The maximum Gasteiger partial charge on any atom is 0.267 e. The van der Waals surface area contributed by atoms with Crippen molar-refractivity contribution in [3.8, 4) is 0 Å². The summed E-state index contributed by atoms with van der Waals surface area (Å²) in [6.07, 6.45) is 14.4. The van der Waals surface area contributed by atoms with Gasteiger partial charge in [0.25, 0.3) is 10.1 Å². The Morgan fingerprint density at radius 3 is 1.53 bits per heavy atom. The maximum absolute atomic E-state index is 10.8. The molecule has 0 amide bonds. The van der Waals surface area contributed by atoms with Crippen LogP contribution in [0.1, 0.15) is 90.9 Å². The molecule has 0 bridgehead atoms. The Kier molecular flexibility index (Phi) is 11.7. The van der Waals surface area contributed by atoms with E-state index in [4.69, 9.17) is 4.55 Å². The van der Waals surface area contributed by atoms with Gasteiger partial charge in [0.05, 0.1) is 5.25 Å². The molecule has 0 rings (SSSR count). The van der Waals surface area contributed by atoms with Crippen molar-refractivity contribution in [3.63, 3.8) is 0 Å². The van der Waals surface area contributed by atoms with Gasteiger partial charge in [0.2, 0.25) is 0 Å². The van der Waals surface area contributed by atoms with Crippen LogP contribution >= 0.6 is 0 Å². The van der Waals surface area contributed by atoms with E-state index in [9.17, 15) is 8.42 Å². The zero-order chi connectivity index (χ0) is 14.6. The first-order valence-electron chi connectivity index (χ1n) is 7.94. The van der Waals surface area contributed by atoms with E-state index in [-0.39, 0.29) is 0 Å². The maximum atomic E-state index is 10.8. The Bertz CT molecular complexity index is 286. The minimum Gasteiger partial charge on any atom is -0.285 e. The average Bonchev–Trinajstić information content (AvgIpc) is 2.34. The van der Waals surface area contributed by atoms with Gasteiger partial charge in [0.1, 0.15) is 0 Å². The van der Waals surface area contributed by atoms with E-state index in [0.717, 1.165) is 12.8 Å². The molecule has 0 aromatic heterocycles. The quantitative estimate of drug-likeness (QED) is 0.385. The van der Waals surface area contributed by atoms with Crippen molar-refractivity contribution in [2.75, 3.05) is 0 Å². The fourth-order valence-corrected chi connectivity index (χ4v) is 2.71. The van der Waals surface area contributed by atoms with Crippen LogP contribution in [0.15, 0.2) is 0 Å². The van der Waals surface area contributed by atoms with Crippen LogP contribution in [0.4, 0.5) is 0 Å². The fourth-order valence-electron chi connectivity index (χ4n) is 2.24. The molecule has 0 aromatic rings. The molecule has 0 saturated carbocycles. The third-order valence-electron chi connectivity index (χ3n) is 3.72. The molecule has 1 unspecified atom stereocenters. The minimum atomic E-state index is -3.82. The number of hydrogen-bond acceptors (Lipinski definition) is 2. The number of unbranched alkanes of at least 4 members (excludes halogenated alkanes) is 10. The number of hydrogen-bond donors (Lipinski definition) is 1. The van der Waals surface area contributed by atoms with Crippen LogP contribution in [0, 0.1) is 0 Å². The van der Waals surface area contributed by atoms with Gasteiger partial charge in [-0.2, -0.15) is 8.42 Å². The summed E-state index contributed by atoms with van der Waals surface area (Å²) in [6, 6.07) is 0. The van der Waals surface area contributed by atoms with Crippen LogP contribution < -0.4 is 0 Å². The molecule has 1 N–H and O–H groups in total. The molecule has 1 atom stereocenters. The highest BCUT2D eigenvalue weighted by Crippen LogP contribution is 2.14. The van der Waals surface area contributed by atoms with E-state index < -0.39 is 15.4 Å². The third kappa shape index (κ3) is 12.7. The van der Waals surface area contributed by atoms with Gasteiger partial charge in [-0.1, -0.05) is 77.6 Å². The van der Waals surface area contributed by atoms with Crippen LogP contribution in [0.2, 0.25) is 0 Å². The van der Waals surface area contributed by atoms with Crippen LogP contribution in [0.25, 0.3) is 0 Å². The Morgan fingerprint density at radius 1 is 0.789 bits per heavy atom. The van der Waals surface area contributed by atoms with E-state index in [1.165, 1.54) is 57.8 Å². The summed E-state index contributed by atoms with van der Waals surface area (Å²) < 4.78 is 30.4. The van der Waals surface area contributed by atoms with E-state index in [1.54, 1.807) is 6.92 Å². The van der Waals surface area contributed by atoms with Crippen molar-refractivity contribution < 1.29 is 13.0 Å². The molecule has 19 heavy (non-hydrogen) atoms. The Labute approximate surface area is 119 Å². The lowest BCUT2D eigenvalue weighted by Gasteiger charge is -2.07. The van der Waals surface area contributed by atoms with Gasteiger partial charge in [0.15, 0.2) is 0 Å². The van der Waals surface area contributed by atoms with E-state index in [2.05, 4.69) is 6.92 Å². The zero-order valence-electron chi connectivity index (χ0n) is 12.7. The average molecular weight is 292 g/mol. The lowest BCUT2D eigenvalue weighted by Crippen LogP contribution is -2.16. The number of rotatable bonds is 13. The molecule has 4 heteroatoms. The van der Waals surface area contributed by atoms with Crippen LogP contribution in [0.5, 0.6) is 0 Å². The first kappa shape index (κ1) is 18.9. The van der Waals surface area contributed by atoms with Gasteiger partial charge in [-0.3, -0.25) is 4.55 Å². The van der Waals surface area contributed by atoms with Crippen molar-refractivity contribution in [2.24, 2.45) is 0 Å². The first-order valence-corrected chi connectivity index (χ1v) is 9.45. The van der Waals surface area contributed by atoms with E-state index >= 15 is 0 Å². The molecule has 0 heterocycles. The molecule has 0 aliphatic rings. The van der Waals surface area contributed by atoms with Crippen molar-refractivity contribution in [1.82, 2.24) is 0 Å². The predicted molar refractivity (Wildman–Crippen MR) is 82.1 cm³/mol. The molecule has 116 valence electrons. The van der Waals surface area contributed by atoms with Gasteiger partial charge >= 0.3 is 0 Å². The molecular formula is C15H32O3S. The normalized spacial score (nSPS) is 13.6. The molecule has 0 radical (unpaired) electrons. The van der Waals surface area contributed by atoms with Crippen molar-refractivity contribution in [1.29, 1.82) is 0 Å². The zero-order valence-corrected chi connectivity index (χ0v) is 13.6.